The number of alkyl carbamates (subject to hydrolysis) is 2. The van der Waals surface area contributed by atoms with E-state index in [2.05, 4.69) is 47.0 Å². The first-order valence-electron chi connectivity index (χ1n) is 19.8. The SMILES string of the molecule is CC(C)NC(=O)O[C@@H]1CC[C@H](c2cc(Nc3ccc4c(c3)CC(=O)N4)n[nH]2)C1.CC(C)NC(=O)O[C@@H]1CC[C@H](c2cc(Nc3ccc4c(c3)N(C)C(=O)C4)n[nH]2)C1. The van der Waals surface area contributed by atoms with Gasteiger partial charge in [0.1, 0.15) is 12.2 Å². The molecule has 0 radical (unpaired) electrons. The van der Waals surface area contributed by atoms with Gasteiger partial charge < -0.3 is 41.0 Å². The minimum absolute atomic E-state index is 0.0225. The fraction of sp³-hybridized carbons (Fsp3) is 0.463. The molecule has 2 aromatic carbocycles. The van der Waals surface area contributed by atoms with Gasteiger partial charge in [-0.3, -0.25) is 19.8 Å². The van der Waals surface area contributed by atoms with Crippen LogP contribution in [0.2, 0.25) is 0 Å². The van der Waals surface area contributed by atoms with Crippen molar-refractivity contribution in [2.24, 2.45) is 0 Å². The van der Waals surface area contributed by atoms with Crippen molar-refractivity contribution in [3.63, 3.8) is 0 Å². The lowest BCUT2D eigenvalue weighted by Gasteiger charge is -2.14. The third-order valence-electron chi connectivity index (χ3n) is 10.6. The average molecular weight is 781 g/mol. The number of anilines is 6. The van der Waals surface area contributed by atoms with Gasteiger partial charge in [-0.05, 0) is 108 Å². The molecule has 4 aromatic rings. The lowest BCUT2D eigenvalue weighted by atomic mass is 10.0. The minimum Gasteiger partial charge on any atom is -0.446 e. The number of carbonyl (C=O) groups excluding carboxylic acids is 4. The monoisotopic (exact) mass is 780 g/mol. The van der Waals surface area contributed by atoms with Crippen molar-refractivity contribution >= 4 is 58.4 Å². The van der Waals surface area contributed by atoms with Gasteiger partial charge in [-0.25, -0.2) is 9.59 Å². The number of carbonyl (C=O) groups is 4. The van der Waals surface area contributed by atoms with E-state index >= 15 is 0 Å². The quantitative estimate of drug-likeness (QED) is 0.0890. The van der Waals surface area contributed by atoms with Crippen molar-refractivity contribution in [1.82, 2.24) is 31.0 Å². The van der Waals surface area contributed by atoms with Gasteiger partial charge in [0.15, 0.2) is 11.6 Å². The highest BCUT2D eigenvalue weighted by Gasteiger charge is 2.32. The second-order valence-electron chi connectivity index (χ2n) is 15.9. The smallest absolute Gasteiger partial charge is 0.407 e. The Balaban J connectivity index is 0.000000174. The summed E-state index contributed by atoms with van der Waals surface area (Å²) in [5.41, 5.74) is 7.70. The molecule has 4 aliphatic rings. The van der Waals surface area contributed by atoms with E-state index < -0.39 is 0 Å². The van der Waals surface area contributed by atoms with Crippen molar-refractivity contribution in [2.45, 2.75) is 115 Å². The Kier molecular flexibility index (Phi) is 11.7. The Hall–Kier alpha value is -6.06. The standard InChI is InChI=1S/C21H27N5O3.C20H25N5O3/c1-12(2)22-21(28)29-16-7-5-13(8-16)17-11-19(25-24-17)23-15-6-4-14-9-20(27)26(3)18(14)10-15;1-11(2)21-20(27)28-15-5-3-12(8-15)17-10-18(25-24-17)22-14-4-6-16-13(7-14)9-19(26)23-16/h4,6,10-13,16H,5,7-9H2,1-3H3,(H,22,28)(H2,23,24,25);4,6-7,10-12,15H,3,5,8-9H2,1-2H3,(H,21,27)(H,23,26)(H2,22,24,25)/t13-,16+;12-,15+/m00/s1. The van der Waals surface area contributed by atoms with Gasteiger partial charge in [-0.1, -0.05) is 6.07 Å². The number of amides is 4. The maximum atomic E-state index is 11.8. The zero-order chi connectivity index (χ0) is 40.2. The van der Waals surface area contributed by atoms with Gasteiger partial charge in [0.25, 0.3) is 0 Å². The number of hydrogen-bond donors (Lipinski definition) is 7. The Labute approximate surface area is 331 Å². The number of fused-ring (bicyclic) bond motifs is 2. The summed E-state index contributed by atoms with van der Waals surface area (Å²) in [6, 6.07) is 15.8. The fourth-order valence-corrected chi connectivity index (χ4v) is 7.84. The molecule has 7 N–H and O–H groups in total. The molecule has 16 nitrogen and oxygen atoms in total. The van der Waals surface area contributed by atoms with Gasteiger partial charge in [0.2, 0.25) is 11.8 Å². The molecule has 302 valence electrons. The Morgan fingerprint density at radius 1 is 0.719 bits per heavy atom. The topological polar surface area (TPSA) is 207 Å². The number of H-pyrrole nitrogens is 2. The number of rotatable bonds is 10. The van der Waals surface area contributed by atoms with E-state index in [1.165, 1.54) is 0 Å². The molecule has 16 heteroatoms. The van der Waals surface area contributed by atoms with Crippen LogP contribution < -0.4 is 31.5 Å². The molecule has 2 fully saturated rings. The third kappa shape index (κ3) is 9.85. The van der Waals surface area contributed by atoms with Crippen LogP contribution in [0.5, 0.6) is 0 Å². The molecule has 57 heavy (non-hydrogen) atoms. The van der Waals surface area contributed by atoms with E-state index in [4.69, 9.17) is 9.47 Å². The maximum Gasteiger partial charge on any atom is 0.407 e. The van der Waals surface area contributed by atoms with E-state index in [1.807, 2.05) is 76.2 Å². The molecule has 2 saturated carbocycles. The van der Waals surface area contributed by atoms with Crippen LogP contribution in [0.4, 0.5) is 44.0 Å². The Morgan fingerprint density at radius 2 is 1.26 bits per heavy atom. The third-order valence-corrected chi connectivity index (χ3v) is 10.6. The largest absolute Gasteiger partial charge is 0.446 e. The summed E-state index contributed by atoms with van der Waals surface area (Å²) in [7, 11) is 1.80. The van der Waals surface area contributed by atoms with Crippen LogP contribution >= 0.6 is 0 Å². The lowest BCUT2D eigenvalue weighted by Crippen LogP contribution is -2.33. The summed E-state index contributed by atoms with van der Waals surface area (Å²) >= 11 is 0. The molecule has 4 heterocycles. The summed E-state index contributed by atoms with van der Waals surface area (Å²) in [6.07, 6.45) is 5.22. The normalized spacial score (nSPS) is 20.8. The molecular formula is C41H52N10O6. The number of benzene rings is 2. The molecule has 8 rings (SSSR count). The summed E-state index contributed by atoms with van der Waals surface area (Å²) in [4.78, 5) is 48.6. The van der Waals surface area contributed by atoms with Crippen molar-refractivity contribution < 1.29 is 28.7 Å². The first-order chi connectivity index (χ1) is 27.3. The highest BCUT2D eigenvalue weighted by Crippen LogP contribution is 2.38. The molecule has 0 unspecified atom stereocenters. The van der Waals surface area contributed by atoms with Crippen LogP contribution in [0.1, 0.15) is 101 Å². The second-order valence-corrected chi connectivity index (χ2v) is 15.9. The predicted molar refractivity (Wildman–Crippen MR) is 216 cm³/mol. The lowest BCUT2D eigenvalue weighted by molar-refractivity contribution is -0.117. The molecule has 0 saturated heterocycles. The molecule has 0 bridgehead atoms. The van der Waals surface area contributed by atoms with Gasteiger partial charge in [-0.15, -0.1) is 0 Å². The summed E-state index contributed by atoms with van der Waals surface area (Å²) in [6.45, 7) is 7.64. The first-order valence-corrected chi connectivity index (χ1v) is 19.8. The van der Waals surface area contributed by atoms with Crippen molar-refractivity contribution in [3.05, 3.63) is 71.0 Å². The summed E-state index contributed by atoms with van der Waals surface area (Å²) < 4.78 is 11.0. The number of likely N-dealkylation sites (N-methyl/N-ethyl adjacent to an activating group) is 1. The fourth-order valence-electron chi connectivity index (χ4n) is 7.84. The second kappa shape index (κ2) is 17.0. The van der Waals surface area contributed by atoms with Crippen molar-refractivity contribution in [3.8, 4) is 0 Å². The zero-order valence-corrected chi connectivity index (χ0v) is 33.0. The van der Waals surface area contributed by atoms with Gasteiger partial charge in [-0.2, -0.15) is 10.2 Å². The maximum absolute atomic E-state index is 11.8. The predicted octanol–water partition coefficient (Wildman–Crippen LogP) is 6.86. The molecule has 2 aromatic heterocycles. The number of ether oxygens (including phenoxy) is 2. The van der Waals surface area contributed by atoms with Crippen LogP contribution in [0, 0.1) is 0 Å². The summed E-state index contributed by atoms with van der Waals surface area (Å²) in [5.74, 6) is 2.18. The molecule has 4 atom stereocenters. The van der Waals surface area contributed by atoms with Crippen molar-refractivity contribution in [2.75, 3.05) is 27.9 Å². The number of aromatic amines is 2. The van der Waals surface area contributed by atoms with Crippen molar-refractivity contribution in [1.29, 1.82) is 0 Å². The highest BCUT2D eigenvalue weighted by atomic mass is 16.6. The van der Waals surface area contributed by atoms with E-state index in [-0.39, 0.29) is 48.3 Å². The van der Waals surface area contributed by atoms with Crippen LogP contribution in [0.25, 0.3) is 0 Å². The van der Waals surface area contributed by atoms with Crippen LogP contribution in [0.3, 0.4) is 0 Å². The number of aromatic nitrogens is 4. The van der Waals surface area contributed by atoms with E-state index in [0.29, 0.717) is 24.7 Å². The Morgan fingerprint density at radius 3 is 1.82 bits per heavy atom. The van der Waals surface area contributed by atoms with Gasteiger partial charge in [0, 0.05) is 77.2 Å². The van der Waals surface area contributed by atoms with Crippen LogP contribution in [-0.2, 0) is 31.9 Å². The van der Waals surface area contributed by atoms with E-state index in [0.717, 1.165) is 95.4 Å². The average Bonchev–Trinajstić information content (AvgIpc) is 4.00. The molecule has 4 amide bonds. The molecular weight excluding hydrogens is 729 g/mol. The highest BCUT2D eigenvalue weighted by molar-refractivity contribution is 6.01. The number of hydrogen-bond acceptors (Lipinski definition) is 10. The van der Waals surface area contributed by atoms with E-state index in [1.54, 1.807) is 11.9 Å². The number of nitrogens with zero attached hydrogens (tertiary/aromatic N) is 3. The first kappa shape index (κ1) is 39.2. The summed E-state index contributed by atoms with van der Waals surface area (Å²) in [5, 5.41) is 29.9. The van der Waals surface area contributed by atoms with Crippen LogP contribution in [-0.4, -0.2) is 75.7 Å². The van der Waals surface area contributed by atoms with Crippen LogP contribution in [0.15, 0.2) is 48.5 Å². The van der Waals surface area contributed by atoms with Gasteiger partial charge in [0.05, 0.1) is 12.8 Å². The van der Waals surface area contributed by atoms with E-state index in [9.17, 15) is 19.2 Å². The molecule has 2 aliphatic carbocycles. The molecule has 0 spiro atoms. The van der Waals surface area contributed by atoms with Gasteiger partial charge >= 0.3 is 12.2 Å². The minimum atomic E-state index is -0.350. The Bertz CT molecular complexity index is 2110. The zero-order valence-electron chi connectivity index (χ0n) is 33.0. The molecule has 2 aliphatic heterocycles. The number of nitrogens with one attached hydrogen (secondary N) is 7.